The van der Waals surface area contributed by atoms with Crippen LogP contribution in [0, 0.1) is 0 Å². The summed E-state index contributed by atoms with van der Waals surface area (Å²) in [5.41, 5.74) is 0. The van der Waals surface area contributed by atoms with Gasteiger partial charge in [-0.25, -0.2) is 0 Å². The van der Waals surface area contributed by atoms with Gasteiger partial charge in [-0.2, -0.15) is 0 Å². The van der Waals surface area contributed by atoms with Crippen molar-refractivity contribution >= 4 is 20.5 Å². The van der Waals surface area contributed by atoms with Gasteiger partial charge < -0.3 is 0 Å². The zero-order valence-corrected chi connectivity index (χ0v) is 9.94. The van der Waals surface area contributed by atoms with E-state index in [1.54, 1.807) is 4.82 Å². The van der Waals surface area contributed by atoms with E-state index in [4.69, 9.17) is 0 Å². The van der Waals surface area contributed by atoms with Crippen molar-refractivity contribution in [1.82, 2.24) is 0 Å². The highest BCUT2D eigenvalue weighted by molar-refractivity contribution is 6.48. The van der Waals surface area contributed by atoms with Crippen LogP contribution >= 0.6 is 0 Å². The van der Waals surface area contributed by atoms with Gasteiger partial charge in [0.15, 0.2) is 0 Å². The van der Waals surface area contributed by atoms with Gasteiger partial charge in [0.25, 0.3) is 0 Å². The van der Waals surface area contributed by atoms with Crippen LogP contribution in [0.1, 0.15) is 13.3 Å². The molecule has 0 fully saturated rings. The summed E-state index contributed by atoms with van der Waals surface area (Å²) in [7, 11) is 2.51. The Labute approximate surface area is 57.5 Å². The Balaban J connectivity index is 3.42. The molecule has 0 aromatic heterocycles. The Bertz CT molecular complexity index is 99.1. The second kappa shape index (κ2) is 5.06. The lowest BCUT2D eigenvalue weighted by Gasteiger charge is -1.79. The lowest BCUT2D eigenvalue weighted by Crippen LogP contribution is -1.73. The van der Waals surface area contributed by atoms with Gasteiger partial charge in [0.1, 0.15) is 0 Å². The van der Waals surface area contributed by atoms with Gasteiger partial charge in [-0.15, -0.1) is 4.82 Å². The number of hydrogen-bond acceptors (Lipinski definition) is 0. The van der Waals surface area contributed by atoms with Crippen LogP contribution < -0.4 is 0 Å². The third-order valence-electron chi connectivity index (χ3n) is 0.801. The maximum Gasteiger partial charge on any atom is 0.0271 e. The van der Waals surface area contributed by atoms with E-state index in [1.807, 2.05) is 0 Å². The van der Waals surface area contributed by atoms with Crippen LogP contribution in [-0.4, -0.2) is 20.5 Å². The van der Waals surface area contributed by atoms with E-state index in [2.05, 4.69) is 25.2 Å². The Morgan fingerprint density at radius 3 is 2.50 bits per heavy atom. The Kier molecular flexibility index (Phi) is 5.00. The van der Waals surface area contributed by atoms with Gasteiger partial charge in [0, 0.05) is 20.5 Å². The second-order valence-corrected chi connectivity index (χ2v) is 7.24. The van der Waals surface area contributed by atoms with Crippen molar-refractivity contribution in [3.8, 4) is 0 Å². The average Bonchev–Trinajstić information content (AvgIpc) is 1.66. The summed E-state index contributed by atoms with van der Waals surface area (Å²) in [5.74, 6) is 0. The molecule has 0 aromatic rings. The molecular formula is C6H14Si2. The first kappa shape index (κ1) is 7.91. The molecule has 46 valence electrons. The van der Waals surface area contributed by atoms with Gasteiger partial charge in [0.2, 0.25) is 0 Å². The zero-order chi connectivity index (χ0) is 6.41. The molecular weight excluding hydrogens is 128 g/mol. The lowest BCUT2D eigenvalue weighted by molar-refractivity contribution is 1.22. The molecule has 0 unspecified atom stereocenters. The number of allylic oxidation sites excluding steroid dienone is 3. The van der Waals surface area contributed by atoms with Gasteiger partial charge >= 0.3 is 0 Å². The van der Waals surface area contributed by atoms with E-state index in [1.165, 1.54) is 20.5 Å². The van der Waals surface area contributed by atoms with Crippen molar-refractivity contribution in [2.45, 2.75) is 13.3 Å². The van der Waals surface area contributed by atoms with E-state index >= 15 is 0 Å². The Hall–Kier alpha value is -0.0862. The van der Waals surface area contributed by atoms with Crippen LogP contribution in [0.15, 0.2) is 23.0 Å². The van der Waals surface area contributed by atoms with Crippen molar-refractivity contribution in [3.05, 3.63) is 23.0 Å². The zero-order valence-electron chi connectivity index (χ0n) is 5.94. The average molecular weight is 142 g/mol. The highest BCUT2D eigenvalue weighted by Crippen LogP contribution is 1.83. The minimum absolute atomic E-state index is 1.16. The van der Waals surface area contributed by atoms with Gasteiger partial charge in [0.05, 0.1) is 0 Å². The minimum Gasteiger partial charge on any atom is -0.111 e. The highest BCUT2D eigenvalue weighted by Gasteiger charge is 1.68. The van der Waals surface area contributed by atoms with Gasteiger partial charge in [-0.3, -0.25) is 0 Å². The topological polar surface area (TPSA) is 0 Å². The minimum atomic E-state index is 1.16. The van der Waals surface area contributed by atoms with Crippen molar-refractivity contribution in [1.29, 1.82) is 0 Å². The molecule has 0 spiro atoms. The summed E-state index contributed by atoms with van der Waals surface area (Å²) in [6.45, 7) is 2.16. The molecule has 0 N–H and O–H groups in total. The maximum atomic E-state index is 2.24. The summed E-state index contributed by atoms with van der Waals surface area (Å²) < 4.78 is 0. The fraction of sp³-hybridized carbons (Fsp3) is 0.333. The maximum absolute atomic E-state index is 2.24. The molecule has 8 heavy (non-hydrogen) atoms. The molecule has 0 nitrogen and oxygen atoms in total. The van der Waals surface area contributed by atoms with Crippen molar-refractivity contribution in [2.75, 3.05) is 0 Å². The van der Waals surface area contributed by atoms with Crippen LogP contribution in [0.25, 0.3) is 0 Å². The lowest BCUT2D eigenvalue weighted by atomic mass is 10.4. The van der Waals surface area contributed by atoms with E-state index < -0.39 is 0 Å². The SMILES string of the molecule is CCC=CC=C([SiH3])[SiH3]. The summed E-state index contributed by atoms with van der Waals surface area (Å²) in [6.07, 6.45) is 7.75. The standard InChI is InChI=1S/C6H14Si2/c1-2-3-4-5-6(7)8/h3-5H,2H2,1,7-8H3. The molecule has 0 aliphatic carbocycles. The molecule has 0 amide bonds. The molecule has 0 aliphatic heterocycles. The Morgan fingerprint density at radius 2 is 2.12 bits per heavy atom. The third-order valence-corrected chi connectivity index (χ3v) is 1.47. The van der Waals surface area contributed by atoms with Crippen LogP contribution in [0.5, 0.6) is 0 Å². The predicted molar refractivity (Wildman–Crippen MR) is 47.4 cm³/mol. The largest absolute Gasteiger partial charge is 0.111 e. The van der Waals surface area contributed by atoms with Gasteiger partial charge in [-0.1, -0.05) is 25.2 Å². The molecule has 0 rings (SSSR count). The molecule has 2 heteroatoms. The van der Waals surface area contributed by atoms with Gasteiger partial charge in [-0.05, 0) is 6.42 Å². The van der Waals surface area contributed by atoms with Crippen LogP contribution in [0.3, 0.4) is 0 Å². The fourth-order valence-electron chi connectivity index (χ4n) is 0.397. The van der Waals surface area contributed by atoms with E-state index in [0.29, 0.717) is 0 Å². The third kappa shape index (κ3) is 5.91. The highest BCUT2D eigenvalue weighted by atomic mass is 28.2. The summed E-state index contributed by atoms with van der Waals surface area (Å²) in [6, 6.07) is 0. The molecule has 0 heterocycles. The molecule has 0 atom stereocenters. The second-order valence-electron chi connectivity index (χ2n) is 2.08. The van der Waals surface area contributed by atoms with E-state index in [0.717, 1.165) is 6.42 Å². The number of hydrogen-bond donors (Lipinski definition) is 0. The monoisotopic (exact) mass is 142 g/mol. The smallest absolute Gasteiger partial charge is 0.0271 e. The number of rotatable bonds is 2. The van der Waals surface area contributed by atoms with Crippen LogP contribution in [0.2, 0.25) is 0 Å². The summed E-state index contributed by atoms with van der Waals surface area (Å²) >= 11 is 0. The molecule has 0 aliphatic rings. The van der Waals surface area contributed by atoms with Crippen LogP contribution in [-0.2, 0) is 0 Å². The predicted octanol–water partition coefficient (Wildman–Crippen LogP) is -0.475. The normalized spacial score (nSPS) is 10.6. The van der Waals surface area contributed by atoms with E-state index in [-0.39, 0.29) is 0 Å². The van der Waals surface area contributed by atoms with Crippen molar-refractivity contribution < 1.29 is 0 Å². The summed E-state index contributed by atoms with van der Waals surface area (Å²) in [5, 5.41) is 0. The molecule has 0 saturated carbocycles. The first-order valence-electron chi connectivity index (χ1n) is 3.07. The quantitative estimate of drug-likeness (QED) is 0.361. The molecule has 0 aromatic carbocycles. The molecule has 0 saturated heterocycles. The fourth-order valence-corrected chi connectivity index (χ4v) is 0.781. The Morgan fingerprint density at radius 1 is 1.50 bits per heavy atom. The summed E-state index contributed by atoms with van der Waals surface area (Å²) in [4.78, 5) is 1.63. The van der Waals surface area contributed by atoms with Crippen molar-refractivity contribution in [2.24, 2.45) is 0 Å². The first-order chi connectivity index (χ1) is 3.77. The molecule has 0 radical (unpaired) electrons. The van der Waals surface area contributed by atoms with E-state index in [9.17, 15) is 0 Å². The molecule has 0 bridgehead atoms. The van der Waals surface area contributed by atoms with Crippen molar-refractivity contribution in [3.63, 3.8) is 0 Å². The van der Waals surface area contributed by atoms with Crippen LogP contribution in [0.4, 0.5) is 0 Å². The first-order valence-corrected chi connectivity index (χ1v) is 5.07.